The summed E-state index contributed by atoms with van der Waals surface area (Å²) in [6.07, 6.45) is 3.06. The molecule has 0 atom stereocenters. The van der Waals surface area contributed by atoms with Gasteiger partial charge >= 0.3 is 5.69 Å². The molecule has 2 aromatic carbocycles. The summed E-state index contributed by atoms with van der Waals surface area (Å²) in [7, 11) is 0. The summed E-state index contributed by atoms with van der Waals surface area (Å²) in [5.41, 5.74) is 4.31. The Morgan fingerprint density at radius 1 is 1.12 bits per heavy atom. The summed E-state index contributed by atoms with van der Waals surface area (Å²) < 4.78 is 5.78. The van der Waals surface area contributed by atoms with Crippen LogP contribution < -0.4 is 15.9 Å². The molecule has 0 fully saturated rings. The Morgan fingerprint density at radius 2 is 2.00 bits per heavy atom. The molecule has 1 heterocycles. The summed E-state index contributed by atoms with van der Waals surface area (Å²) in [6.45, 7) is 0.512. The van der Waals surface area contributed by atoms with Crippen molar-refractivity contribution in [3.8, 4) is 5.75 Å². The lowest BCUT2D eigenvalue weighted by atomic mass is 10.2. The first-order chi connectivity index (χ1) is 11.8. The molecule has 1 aromatic heterocycles. The number of benzene rings is 2. The average molecular weight is 320 g/mol. The van der Waals surface area contributed by atoms with Crippen LogP contribution in [0.15, 0.2) is 76.8 Å². The van der Waals surface area contributed by atoms with E-state index < -0.39 is 5.69 Å². The lowest BCUT2D eigenvalue weighted by molar-refractivity contribution is 0.306. The van der Waals surface area contributed by atoms with Crippen LogP contribution in [0.2, 0.25) is 0 Å². The van der Waals surface area contributed by atoms with Gasteiger partial charge in [0.1, 0.15) is 18.2 Å². The minimum atomic E-state index is -0.425. The van der Waals surface area contributed by atoms with E-state index in [0.29, 0.717) is 12.4 Å². The molecule has 6 nitrogen and oxygen atoms in total. The normalized spacial score (nSPS) is 10.7. The molecule has 0 aliphatic carbocycles. The van der Waals surface area contributed by atoms with E-state index >= 15 is 0 Å². The summed E-state index contributed by atoms with van der Waals surface area (Å²) in [4.78, 5) is 17.2. The number of hydrogen-bond acceptors (Lipinski definition) is 5. The number of rotatable bonds is 6. The van der Waals surface area contributed by atoms with E-state index in [0.717, 1.165) is 16.9 Å². The van der Waals surface area contributed by atoms with E-state index in [9.17, 15) is 4.79 Å². The molecule has 0 spiro atoms. The maximum atomic E-state index is 11.1. The summed E-state index contributed by atoms with van der Waals surface area (Å²) in [6, 6.07) is 19.2. The Kier molecular flexibility index (Phi) is 4.99. The van der Waals surface area contributed by atoms with Crippen LogP contribution in [-0.2, 0) is 6.61 Å². The average Bonchev–Trinajstić information content (AvgIpc) is 2.61. The molecule has 0 saturated carbocycles. The zero-order valence-electron chi connectivity index (χ0n) is 12.8. The van der Waals surface area contributed by atoms with Crippen LogP contribution in [0.25, 0.3) is 0 Å². The highest BCUT2D eigenvalue weighted by Crippen LogP contribution is 2.14. The van der Waals surface area contributed by atoms with E-state index in [1.54, 1.807) is 12.3 Å². The van der Waals surface area contributed by atoms with Crippen molar-refractivity contribution in [2.75, 3.05) is 5.43 Å². The largest absolute Gasteiger partial charge is 0.489 e. The molecule has 0 aliphatic rings. The van der Waals surface area contributed by atoms with Crippen molar-refractivity contribution in [2.24, 2.45) is 5.10 Å². The standard InChI is InChI=1S/C18H16N4O2/c23-18-19-10-9-17(21-18)22-20-12-15-7-4-8-16(11-15)24-13-14-5-2-1-3-6-14/h1-12H,13H2,(H2,19,21,22,23). The molecule has 2 N–H and O–H groups in total. The number of nitrogens with zero attached hydrogens (tertiary/aromatic N) is 2. The van der Waals surface area contributed by atoms with Crippen LogP contribution in [0.5, 0.6) is 5.75 Å². The minimum Gasteiger partial charge on any atom is -0.489 e. The molecular formula is C18H16N4O2. The van der Waals surface area contributed by atoms with E-state index in [1.165, 1.54) is 6.20 Å². The quantitative estimate of drug-likeness (QED) is 0.541. The summed E-state index contributed by atoms with van der Waals surface area (Å²) in [5, 5.41) is 4.08. The lowest BCUT2D eigenvalue weighted by Gasteiger charge is -2.06. The molecule has 0 saturated heterocycles. The van der Waals surface area contributed by atoms with E-state index in [4.69, 9.17) is 4.74 Å². The SMILES string of the molecule is O=c1nccc(NN=Cc2cccc(OCc3ccccc3)c2)[nH]1. The highest BCUT2D eigenvalue weighted by Gasteiger charge is 1.97. The molecular weight excluding hydrogens is 304 g/mol. The van der Waals surface area contributed by atoms with Gasteiger partial charge in [-0.3, -0.25) is 10.4 Å². The minimum absolute atomic E-state index is 0.425. The monoisotopic (exact) mass is 320 g/mol. The van der Waals surface area contributed by atoms with Crippen molar-refractivity contribution in [3.63, 3.8) is 0 Å². The van der Waals surface area contributed by atoms with Gasteiger partial charge in [-0.2, -0.15) is 5.10 Å². The summed E-state index contributed by atoms with van der Waals surface area (Å²) in [5.74, 6) is 1.24. The predicted molar refractivity (Wildman–Crippen MR) is 93.3 cm³/mol. The van der Waals surface area contributed by atoms with Crippen molar-refractivity contribution >= 4 is 12.0 Å². The summed E-state index contributed by atoms with van der Waals surface area (Å²) >= 11 is 0. The third kappa shape index (κ3) is 4.54. The van der Waals surface area contributed by atoms with Crippen LogP contribution in [0.1, 0.15) is 11.1 Å². The number of hydrogen-bond donors (Lipinski definition) is 2. The number of nitrogens with one attached hydrogen (secondary N) is 2. The zero-order valence-corrected chi connectivity index (χ0v) is 12.8. The topological polar surface area (TPSA) is 79.4 Å². The van der Waals surface area contributed by atoms with Crippen LogP contribution >= 0.6 is 0 Å². The Morgan fingerprint density at radius 3 is 2.83 bits per heavy atom. The van der Waals surface area contributed by atoms with Crippen molar-refractivity contribution in [2.45, 2.75) is 6.61 Å². The number of aromatic amines is 1. The van der Waals surface area contributed by atoms with Crippen molar-refractivity contribution in [1.29, 1.82) is 0 Å². The molecule has 3 rings (SSSR count). The highest BCUT2D eigenvalue weighted by molar-refractivity contribution is 5.80. The van der Waals surface area contributed by atoms with Crippen LogP contribution in [0, 0.1) is 0 Å². The molecule has 24 heavy (non-hydrogen) atoms. The first-order valence-corrected chi connectivity index (χ1v) is 7.41. The fourth-order valence-electron chi connectivity index (χ4n) is 2.04. The van der Waals surface area contributed by atoms with Gasteiger partial charge < -0.3 is 4.74 Å². The van der Waals surface area contributed by atoms with E-state index in [-0.39, 0.29) is 0 Å². The van der Waals surface area contributed by atoms with Crippen molar-refractivity contribution in [1.82, 2.24) is 9.97 Å². The van der Waals surface area contributed by atoms with Gasteiger partial charge in [-0.05, 0) is 29.3 Å². The number of hydrazone groups is 1. The van der Waals surface area contributed by atoms with Crippen LogP contribution in [0.4, 0.5) is 5.82 Å². The molecule has 0 aliphatic heterocycles. The van der Waals surface area contributed by atoms with Gasteiger partial charge in [-0.25, -0.2) is 9.78 Å². The lowest BCUT2D eigenvalue weighted by Crippen LogP contribution is -2.10. The Labute approximate surface area is 138 Å². The smallest absolute Gasteiger partial charge is 0.346 e. The Hall–Kier alpha value is -3.41. The first-order valence-electron chi connectivity index (χ1n) is 7.41. The number of aromatic nitrogens is 2. The molecule has 0 radical (unpaired) electrons. The maximum Gasteiger partial charge on any atom is 0.346 e. The fourth-order valence-corrected chi connectivity index (χ4v) is 2.04. The van der Waals surface area contributed by atoms with Crippen molar-refractivity contribution in [3.05, 3.63) is 88.5 Å². The molecule has 0 amide bonds. The number of H-pyrrole nitrogens is 1. The Bertz CT molecular complexity index is 875. The van der Waals surface area contributed by atoms with Crippen LogP contribution in [-0.4, -0.2) is 16.2 Å². The van der Waals surface area contributed by atoms with Gasteiger partial charge in [0, 0.05) is 6.20 Å². The predicted octanol–water partition coefficient (Wildman–Crippen LogP) is 2.79. The highest BCUT2D eigenvalue weighted by atomic mass is 16.5. The third-order valence-corrected chi connectivity index (χ3v) is 3.18. The van der Waals surface area contributed by atoms with Gasteiger partial charge in [-0.15, -0.1) is 0 Å². The van der Waals surface area contributed by atoms with Gasteiger partial charge in [0.25, 0.3) is 0 Å². The van der Waals surface area contributed by atoms with Crippen LogP contribution in [0.3, 0.4) is 0 Å². The zero-order chi connectivity index (χ0) is 16.6. The molecule has 6 heteroatoms. The number of anilines is 1. The molecule has 0 bridgehead atoms. The van der Waals surface area contributed by atoms with Gasteiger partial charge in [0.05, 0.1) is 6.21 Å². The van der Waals surface area contributed by atoms with Gasteiger partial charge in [0.2, 0.25) is 0 Å². The third-order valence-electron chi connectivity index (χ3n) is 3.18. The fraction of sp³-hybridized carbons (Fsp3) is 0.0556. The van der Waals surface area contributed by atoms with Gasteiger partial charge in [-0.1, -0.05) is 42.5 Å². The number of ether oxygens (including phenoxy) is 1. The Balaban J connectivity index is 1.60. The molecule has 3 aromatic rings. The second-order valence-corrected chi connectivity index (χ2v) is 5.01. The van der Waals surface area contributed by atoms with Crippen molar-refractivity contribution < 1.29 is 4.74 Å². The second-order valence-electron chi connectivity index (χ2n) is 5.01. The van der Waals surface area contributed by atoms with E-state index in [2.05, 4.69) is 20.5 Å². The second kappa shape index (κ2) is 7.73. The van der Waals surface area contributed by atoms with Gasteiger partial charge in [0.15, 0.2) is 0 Å². The molecule has 0 unspecified atom stereocenters. The maximum absolute atomic E-state index is 11.1. The first kappa shape index (κ1) is 15.5. The molecule has 120 valence electrons. The van der Waals surface area contributed by atoms with E-state index in [1.807, 2.05) is 54.6 Å².